The van der Waals surface area contributed by atoms with E-state index in [1.54, 1.807) is 6.08 Å². The number of aliphatic imine (C=N–C) groups is 1. The summed E-state index contributed by atoms with van der Waals surface area (Å²) < 4.78 is 38.1. The van der Waals surface area contributed by atoms with Gasteiger partial charge < -0.3 is 5.32 Å². The molecule has 0 atom stereocenters. The van der Waals surface area contributed by atoms with Crippen molar-refractivity contribution >= 4 is 45.9 Å². The fourth-order valence-corrected chi connectivity index (χ4v) is 3.32. The lowest BCUT2D eigenvalue weighted by molar-refractivity contribution is -0.137. The SMILES string of the molecule is O=C1NC(=Nc2cccc(C(F)(F)F)c2)SC1=Cc1ccsc1. The van der Waals surface area contributed by atoms with Gasteiger partial charge in [0.1, 0.15) is 0 Å². The van der Waals surface area contributed by atoms with E-state index in [0.29, 0.717) is 4.91 Å². The van der Waals surface area contributed by atoms with E-state index in [-0.39, 0.29) is 16.8 Å². The van der Waals surface area contributed by atoms with E-state index >= 15 is 0 Å². The van der Waals surface area contributed by atoms with Crippen LogP contribution < -0.4 is 5.32 Å². The number of carbonyl (C=O) groups is 1. The highest BCUT2D eigenvalue weighted by Gasteiger charge is 2.30. The summed E-state index contributed by atoms with van der Waals surface area (Å²) in [6.07, 6.45) is -2.71. The highest BCUT2D eigenvalue weighted by Crippen LogP contribution is 2.33. The molecule has 2 aromatic rings. The van der Waals surface area contributed by atoms with Crippen molar-refractivity contribution in [3.05, 3.63) is 57.1 Å². The molecular weight excluding hydrogens is 345 g/mol. The molecule has 0 saturated carbocycles. The fourth-order valence-electron chi connectivity index (χ4n) is 1.86. The molecule has 3 rings (SSSR count). The first-order chi connectivity index (χ1) is 10.9. The molecule has 0 aliphatic carbocycles. The molecule has 1 aliphatic rings. The van der Waals surface area contributed by atoms with Gasteiger partial charge in [-0.3, -0.25) is 4.79 Å². The Balaban J connectivity index is 1.83. The van der Waals surface area contributed by atoms with Crippen LogP contribution in [0, 0.1) is 0 Å². The third-order valence-corrected chi connectivity index (χ3v) is 4.51. The van der Waals surface area contributed by atoms with E-state index in [4.69, 9.17) is 0 Å². The number of amidine groups is 1. The van der Waals surface area contributed by atoms with Crippen molar-refractivity contribution in [2.24, 2.45) is 4.99 Å². The minimum Gasteiger partial charge on any atom is -0.300 e. The first kappa shape index (κ1) is 15.8. The molecule has 0 bridgehead atoms. The van der Waals surface area contributed by atoms with Crippen LogP contribution in [-0.4, -0.2) is 11.1 Å². The highest BCUT2D eigenvalue weighted by atomic mass is 32.2. The normalized spacial score (nSPS) is 18.7. The van der Waals surface area contributed by atoms with Crippen molar-refractivity contribution in [3.8, 4) is 0 Å². The molecule has 23 heavy (non-hydrogen) atoms. The summed E-state index contributed by atoms with van der Waals surface area (Å²) in [5.41, 5.74) is 0.259. The van der Waals surface area contributed by atoms with Crippen molar-refractivity contribution in [2.75, 3.05) is 0 Å². The molecule has 1 fully saturated rings. The number of alkyl halides is 3. The smallest absolute Gasteiger partial charge is 0.300 e. The lowest BCUT2D eigenvalue weighted by atomic mass is 10.2. The van der Waals surface area contributed by atoms with Gasteiger partial charge in [-0.15, -0.1) is 0 Å². The van der Waals surface area contributed by atoms with Crippen molar-refractivity contribution in [1.82, 2.24) is 5.32 Å². The lowest BCUT2D eigenvalue weighted by Crippen LogP contribution is -2.19. The number of amides is 1. The van der Waals surface area contributed by atoms with Crippen LogP contribution in [-0.2, 0) is 11.0 Å². The van der Waals surface area contributed by atoms with Crippen LogP contribution in [0.1, 0.15) is 11.1 Å². The van der Waals surface area contributed by atoms with Crippen LogP contribution in [0.3, 0.4) is 0 Å². The second kappa shape index (κ2) is 6.21. The molecule has 1 aromatic carbocycles. The molecule has 1 saturated heterocycles. The summed E-state index contributed by atoms with van der Waals surface area (Å²) in [5.74, 6) is -0.313. The minimum absolute atomic E-state index is 0.138. The van der Waals surface area contributed by atoms with Gasteiger partial charge in [-0.25, -0.2) is 4.99 Å². The molecule has 2 heterocycles. The van der Waals surface area contributed by atoms with Gasteiger partial charge in [-0.2, -0.15) is 24.5 Å². The first-order valence-electron chi connectivity index (χ1n) is 6.41. The summed E-state index contributed by atoms with van der Waals surface area (Å²) >= 11 is 2.61. The maximum atomic E-state index is 12.7. The predicted molar refractivity (Wildman–Crippen MR) is 86.6 cm³/mol. The third kappa shape index (κ3) is 3.83. The van der Waals surface area contributed by atoms with Crippen molar-refractivity contribution in [2.45, 2.75) is 6.18 Å². The number of hydrogen-bond donors (Lipinski definition) is 1. The summed E-state index contributed by atoms with van der Waals surface area (Å²) in [4.78, 5) is 16.4. The maximum Gasteiger partial charge on any atom is 0.416 e. The average molecular weight is 354 g/mol. The van der Waals surface area contributed by atoms with Crippen LogP contribution in [0.2, 0.25) is 0 Å². The minimum atomic E-state index is -4.42. The molecular formula is C15H9F3N2OS2. The second-order valence-corrected chi connectivity index (χ2v) is 6.40. The Morgan fingerprint density at radius 3 is 2.74 bits per heavy atom. The zero-order valence-corrected chi connectivity index (χ0v) is 13.1. The standard InChI is InChI=1S/C15H9F3N2OS2/c16-15(17,18)10-2-1-3-11(7-10)19-14-20-13(21)12(23-14)6-9-4-5-22-8-9/h1-8H,(H,19,20,21). The Labute approximate surface area is 137 Å². The summed E-state index contributed by atoms with van der Waals surface area (Å²) in [5, 5.41) is 6.59. The monoisotopic (exact) mass is 354 g/mol. The van der Waals surface area contributed by atoms with E-state index in [2.05, 4.69) is 10.3 Å². The largest absolute Gasteiger partial charge is 0.416 e. The Hall–Kier alpha value is -2.06. The van der Waals surface area contributed by atoms with Gasteiger partial charge in [-0.1, -0.05) is 6.07 Å². The molecule has 3 nitrogen and oxygen atoms in total. The quantitative estimate of drug-likeness (QED) is 0.797. The number of nitrogens with one attached hydrogen (secondary N) is 1. The Morgan fingerprint density at radius 2 is 2.04 bits per heavy atom. The van der Waals surface area contributed by atoms with Crippen molar-refractivity contribution in [1.29, 1.82) is 0 Å². The number of rotatable bonds is 2. The Kier molecular flexibility index (Phi) is 4.27. The topological polar surface area (TPSA) is 41.5 Å². The number of hydrogen-bond acceptors (Lipinski definition) is 4. The second-order valence-electron chi connectivity index (χ2n) is 4.59. The van der Waals surface area contributed by atoms with Gasteiger partial charge in [0.15, 0.2) is 5.17 Å². The van der Waals surface area contributed by atoms with E-state index < -0.39 is 11.7 Å². The molecule has 0 radical (unpaired) electrons. The van der Waals surface area contributed by atoms with Crippen molar-refractivity contribution < 1.29 is 18.0 Å². The fraction of sp³-hybridized carbons (Fsp3) is 0.0667. The molecule has 0 spiro atoms. The van der Waals surface area contributed by atoms with Crippen LogP contribution in [0.25, 0.3) is 6.08 Å². The molecule has 0 unspecified atom stereocenters. The first-order valence-corrected chi connectivity index (χ1v) is 8.17. The van der Waals surface area contributed by atoms with E-state index in [1.165, 1.54) is 23.5 Å². The average Bonchev–Trinajstić information content (AvgIpc) is 3.10. The predicted octanol–water partition coefficient (Wildman–Crippen LogP) is 4.66. The molecule has 1 aromatic heterocycles. The van der Waals surface area contributed by atoms with Gasteiger partial charge >= 0.3 is 6.18 Å². The Bertz CT molecular complexity index is 795. The van der Waals surface area contributed by atoms with Gasteiger partial charge in [0, 0.05) is 0 Å². The third-order valence-electron chi connectivity index (χ3n) is 2.90. The number of halogens is 3. The van der Waals surface area contributed by atoms with Crippen LogP contribution >= 0.6 is 23.1 Å². The molecule has 1 amide bonds. The number of nitrogens with zero attached hydrogens (tertiary/aromatic N) is 1. The van der Waals surface area contributed by atoms with Crippen LogP contribution in [0.5, 0.6) is 0 Å². The molecule has 1 aliphatic heterocycles. The summed E-state index contributed by atoms with van der Waals surface area (Å²) in [7, 11) is 0. The zero-order chi connectivity index (χ0) is 16.4. The summed E-state index contributed by atoms with van der Waals surface area (Å²) in [6, 6.07) is 6.53. The van der Waals surface area contributed by atoms with E-state index in [9.17, 15) is 18.0 Å². The molecule has 8 heteroatoms. The maximum absolute atomic E-state index is 12.7. The van der Waals surface area contributed by atoms with Crippen LogP contribution in [0.4, 0.5) is 18.9 Å². The highest BCUT2D eigenvalue weighted by molar-refractivity contribution is 8.18. The number of carbonyl (C=O) groups excluding carboxylic acids is 1. The van der Waals surface area contributed by atoms with E-state index in [0.717, 1.165) is 29.5 Å². The van der Waals surface area contributed by atoms with Gasteiger partial charge in [0.05, 0.1) is 16.2 Å². The zero-order valence-electron chi connectivity index (χ0n) is 11.4. The molecule has 1 N–H and O–H groups in total. The summed E-state index contributed by atoms with van der Waals surface area (Å²) in [6.45, 7) is 0. The van der Waals surface area contributed by atoms with Crippen molar-refractivity contribution in [3.63, 3.8) is 0 Å². The van der Waals surface area contributed by atoms with Gasteiger partial charge in [0.2, 0.25) is 0 Å². The molecule has 118 valence electrons. The number of thioether (sulfide) groups is 1. The number of thiophene rings is 1. The number of benzene rings is 1. The van der Waals surface area contributed by atoms with Gasteiger partial charge in [-0.05, 0) is 58.4 Å². The lowest BCUT2D eigenvalue weighted by Gasteiger charge is -2.06. The Morgan fingerprint density at radius 1 is 1.22 bits per heavy atom. The van der Waals surface area contributed by atoms with E-state index in [1.807, 2.05) is 16.8 Å². The van der Waals surface area contributed by atoms with Gasteiger partial charge in [0.25, 0.3) is 5.91 Å². The van der Waals surface area contributed by atoms with Crippen LogP contribution in [0.15, 0.2) is 51.0 Å².